The molecule has 2 aromatic rings. The van der Waals surface area contributed by atoms with Crippen molar-refractivity contribution in [3.63, 3.8) is 0 Å². The minimum absolute atomic E-state index is 0.189. The van der Waals surface area contributed by atoms with Gasteiger partial charge in [0.1, 0.15) is 12.5 Å². The van der Waals surface area contributed by atoms with E-state index in [1.165, 1.54) is 6.07 Å². The molecule has 4 rings (SSSR count). The molecular formula is C35H47F4N4O6P. The number of para-hydroxylation sites is 1. The van der Waals surface area contributed by atoms with E-state index in [0.717, 1.165) is 23.8 Å². The maximum Gasteiger partial charge on any atom is 0.477 e. The second kappa shape index (κ2) is 15.6. The number of alkyl halides is 3. The van der Waals surface area contributed by atoms with Crippen molar-refractivity contribution in [1.29, 1.82) is 0 Å². The number of primary amides is 1. The summed E-state index contributed by atoms with van der Waals surface area (Å²) in [5.74, 6) is -3.95. The molecule has 1 fully saturated rings. The van der Waals surface area contributed by atoms with Crippen molar-refractivity contribution in [2.45, 2.75) is 97.2 Å². The Hall–Kier alpha value is -3.16. The first-order valence-electron chi connectivity index (χ1n) is 16.6. The molecule has 0 unspecified atom stereocenters. The number of benzodiazepines with no additional fused rings is 1. The molecule has 10 nitrogen and oxygen atoms in total. The van der Waals surface area contributed by atoms with Crippen LogP contribution in [0.3, 0.4) is 0 Å². The van der Waals surface area contributed by atoms with Gasteiger partial charge in [0.2, 0.25) is 5.91 Å². The topological polar surface area (TPSA) is 133 Å². The quantitative estimate of drug-likeness (QED) is 0.144. The minimum Gasteiger partial charge on any atom is -0.369 e. The van der Waals surface area contributed by atoms with E-state index < -0.39 is 80.4 Å². The molecule has 0 bridgehead atoms. The molecule has 0 aromatic heterocycles. The highest BCUT2D eigenvalue weighted by molar-refractivity contribution is 7.48. The highest BCUT2D eigenvalue weighted by atomic mass is 31.2. The van der Waals surface area contributed by atoms with Crippen LogP contribution in [0.5, 0.6) is 0 Å². The summed E-state index contributed by atoms with van der Waals surface area (Å²) in [6.07, 6.45) is -5.49. The second-order valence-corrected chi connectivity index (χ2v) is 16.3. The minimum atomic E-state index is -4.48. The number of fused-ring (bicyclic) bond motifs is 1. The average Bonchev–Trinajstić information content (AvgIpc) is 3.81. The maximum absolute atomic E-state index is 15.9. The molecule has 1 aliphatic carbocycles. The molecule has 50 heavy (non-hydrogen) atoms. The number of nitrogens with two attached hydrogens (primary N) is 1. The van der Waals surface area contributed by atoms with Gasteiger partial charge in [-0.1, -0.05) is 55.3 Å². The molecule has 1 saturated carbocycles. The van der Waals surface area contributed by atoms with Crippen LogP contribution in [0.15, 0.2) is 53.5 Å². The maximum atomic E-state index is 15.9. The number of halogens is 4. The summed E-state index contributed by atoms with van der Waals surface area (Å²) < 4.78 is 87.3. The summed E-state index contributed by atoms with van der Waals surface area (Å²) in [5.41, 5.74) is 4.42. The van der Waals surface area contributed by atoms with Gasteiger partial charge in [0.05, 0.1) is 22.6 Å². The van der Waals surface area contributed by atoms with Crippen molar-refractivity contribution >= 4 is 31.0 Å². The zero-order chi connectivity index (χ0) is 37.1. The molecule has 3 N–H and O–H groups in total. The lowest BCUT2D eigenvalue weighted by Crippen LogP contribution is -2.49. The number of hydrogen-bond acceptors (Lipinski definition) is 8. The van der Waals surface area contributed by atoms with Gasteiger partial charge < -0.3 is 5.73 Å². The van der Waals surface area contributed by atoms with Crippen LogP contribution in [0, 0.1) is 23.6 Å². The number of nitrogens with zero attached hydrogens (tertiary/aromatic N) is 2. The van der Waals surface area contributed by atoms with Crippen molar-refractivity contribution in [3.8, 4) is 0 Å². The van der Waals surface area contributed by atoms with E-state index in [-0.39, 0.29) is 29.4 Å². The number of benzene rings is 2. The molecule has 2 aliphatic rings. The summed E-state index contributed by atoms with van der Waals surface area (Å²) in [7, 11) is -4.41. The highest BCUT2D eigenvalue weighted by Gasteiger charge is 2.42. The summed E-state index contributed by atoms with van der Waals surface area (Å²) in [4.78, 5) is 32.6. The number of phosphoric ester groups is 1. The fraction of sp³-hybridized carbons (Fsp3) is 0.571. The van der Waals surface area contributed by atoms with E-state index in [0.29, 0.717) is 12.0 Å². The van der Waals surface area contributed by atoms with E-state index in [1.54, 1.807) is 77.9 Å². The number of aliphatic imine (C=N–C) groups is 1. The molecule has 0 saturated heterocycles. The SMILES string of the molecule is CC(C)(C)OP(=O)(OCN1C(=O)[C@@H](NC[C@H](CCC(F)(F)F)[C@H](CC2CC2)C(N)=O)N=C(c2ccccc2)c2cccc(F)c21)OC(C)(C)C. The predicted molar refractivity (Wildman–Crippen MR) is 182 cm³/mol. The standard InChI is InChI=1S/C35H47F4N4O6P/c1-33(2,3)48-50(46,49-34(4,5)6)47-21-43-29-25(13-10-14-27(29)36)28(23-11-8-7-9-12-23)42-31(32(43)45)41-20-24(17-18-35(37,38)39)26(30(40)44)19-22-15-16-22/h7-14,22,24,26,31,41H,15-21H2,1-6H3,(H2,40,44)/t24-,26-,31-/m0/s1. The number of carbonyl (C=O) groups excluding carboxylic acids is 2. The van der Waals surface area contributed by atoms with Gasteiger partial charge in [0.15, 0.2) is 6.17 Å². The van der Waals surface area contributed by atoms with Crippen molar-refractivity contribution in [3.05, 3.63) is 65.5 Å². The molecule has 0 spiro atoms. The van der Waals surface area contributed by atoms with Crippen molar-refractivity contribution in [2.75, 3.05) is 18.2 Å². The molecule has 0 radical (unpaired) electrons. The van der Waals surface area contributed by atoms with Crippen LogP contribution in [-0.2, 0) is 27.7 Å². The van der Waals surface area contributed by atoms with Crippen LogP contribution in [0.4, 0.5) is 23.2 Å². The van der Waals surface area contributed by atoms with Gasteiger partial charge in [-0.15, -0.1) is 0 Å². The van der Waals surface area contributed by atoms with Gasteiger partial charge >= 0.3 is 14.0 Å². The van der Waals surface area contributed by atoms with Crippen molar-refractivity contribution < 1.29 is 45.3 Å². The molecule has 15 heteroatoms. The second-order valence-electron chi connectivity index (χ2n) is 14.8. The third-order valence-corrected chi connectivity index (χ3v) is 10.00. The normalized spacial score (nSPS) is 18.7. The Morgan fingerprint density at radius 2 is 1.64 bits per heavy atom. The Labute approximate surface area is 290 Å². The molecule has 2 aromatic carbocycles. The van der Waals surface area contributed by atoms with Crippen LogP contribution in [0.2, 0.25) is 0 Å². The van der Waals surface area contributed by atoms with Gasteiger partial charge in [-0.2, -0.15) is 13.2 Å². The number of anilines is 1. The number of amides is 2. The summed E-state index contributed by atoms with van der Waals surface area (Å²) in [6, 6.07) is 12.8. The first-order valence-corrected chi connectivity index (χ1v) is 18.1. The Kier molecular flexibility index (Phi) is 12.4. The fourth-order valence-corrected chi connectivity index (χ4v) is 7.50. The van der Waals surface area contributed by atoms with E-state index in [1.807, 2.05) is 0 Å². The van der Waals surface area contributed by atoms with Gasteiger partial charge in [0.25, 0.3) is 5.91 Å². The summed E-state index contributed by atoms with van der Waals surface area (Å²) in [6.45, 7) is 8.80. The number of nitrogens with one attached hydrogen (secondary N) is 1. The zero-order valence-electron chi connectivity index (χ0n) is 29.3. The van der Waals surface area contributed by atoms with E-state index in [4.69, 9.17) is 24.3 Å². The van der Waals surface area contributed by atoms with Gasteiger partial charge in [-0.05, 0) is 72.3 Å². The Morgan fingerprint density at radius 3 is 2.18 bits per heavy atom. The van der Waals surface area contributed by atoms with Gasteiger partial charge in [0, 0.05) is 30.0 Å². The Morgan fingerprint density at radius 1 is 1.02 bits per heavy atom. The van der Waals surface area contributed by atoms with Crippen LogP contribution in [0.1, 0.15) is 84.8 Å². The lowest BCUT2D eigenvalue weighted by molar-refractivity contribution is -0.141. The average molecular weight is 727 g/mol. The lowest BCUT2D eigenvalue weighted by atomic mass is 9.83. The van der Waals surface area contributed by atoms with Crippen LogP contribution in [0.25, 0.3) is 0 Å². The third-order valence-electron chi connectivity index (χ3n) is 8.02. The molecule has 2 amide bonds. The highest BCUT2D eigenvalue weighted by Crippen LogP contribution is 2.55. The number of rotatable bonds is 15. The lowest BCUT2D eigenvalue weighted by Gasteiger charge is -2.33. The first-order chi connectivity index (χ1) is 23.1. The fourth-order valence-electron chi connectivity index (χ4n) is 5.76. The van der Waals surface area contributed by atoms with E-state index in [9.17, 15) is 27.3 Å². The van der Waals surface area contributed by atoms with Gasteiger partial charge in [-0.3, -0.25) is 38.4 Å². The molecule has 1 heterocycles. The van der Waals surface area contributed by atoms with E-state index in [2.05, 4.69) is 5.32 Å². The number of carbonyl (C=O) groups is 2. The molecule has 1 aliphatic heterocycles. The van der Waals surface area contributed by atoms with E-state index >= 15 is 4.39 Å². The predicted octanol–water partition coefficient (Wildman–Crippen LogP) is 7.50. The Bertz CT molecular complexity index is 1570. The van der Waals surface area contributed by atoms with Crippen LogP contribution >= 0.6 is 7.82 Å². The number of hydrogen-bond donors (Lipinski definition) is 2. The van der Waals surface area contributed by atoms with Crippen LogP contribution < -0.4 is 16.0 Å². The monoisotopic (exact) mass is 726 g/mol. The third kappa shape index (κ3) is 11.4. The van der Waals surface area contributed by atoms with Gasteiger partial charge in [-0.25, -0.2) is 8.96 Å². The zero-order valence-corrected chi connectivity index (χ0v) is 30.2. The molecule has 3 atom stereocenters. The Balaban J connectivity index is 1.76. The van der Waals surface area contributed by atoms with Crippen molar-refractivity contribution in [2.24, 2.45) is 28.5 Å². The summed E-state index contributed by atoms with van der Waals surface area (Å²) >= 11 is 0. The molecule has 276 valence electrons. The van der Waals surface area contributed by atoms with Crippen molar-refractivity contribution in [1.82, 2.24) is 5.32 Å². The smallest absolute Gasteiger partial charge is 0.369 e. The first kappa shape index (κ1) is 39.6. The van der Waals surface area contributed by atoms with Crippen LogP contribution in [-0.4, -0.2) is 54.3 Å². The number of phosphoric acid groups is 1. The summed E-state index contributed by atoms with van der Waals surface area (Å²) in [5, 5.41) is 2.97. The molecular weight excluding hydrogens is 679 g/mol. The largest absolute Gasteiger partial charge is 0.477 e.